The molecule has 0 N–H and O–H groups in total. The largest absolute Gasteiger partial charge is 0.416 e. The van der Waals surface area contributed by atoms with Crippen LogP contribution in [-0.2, 0) is 12.7 Å². The number of hydrogen-bond acceptors (Lipinski definition) is 3. The van der Waals surface area contributed by atoms with E-state index in [0.717, 1.165) is 41.2 Å². The molecule has 0 bridgehead atoms. The average Bonchev–Trinajstić information content (AvgIpc) is 3.35. The predicted molar refractivity (Wildman–Crippen MR) is 111 cm³/mol. The van der Waals surface area contributed by atoms with Crippen molar-refractivity contribution in [3.63, 3.8) is 0 Å². The van der Waals surface area contributed by atoms with Gasteiger partial charge < -0.3 is 4.90 Å². The van der Waals surface area contributed by atoms with E-state index in [1.807, 2.05) is 18.7 Å². The van der Waals surface area contributed by atoms with Crippen molar-refractivity contribution >= 4 is 11.7 Å². The minimum atomic E-state index is -4.37. The van der Waals surface area contributed by atoms with Gasteiger partial charge >= 0.3 is 12.2 Å². The highest BCUT2D eigenvalue weighted by Crippen LogP contribution is 2.32. The van der Waals surface area contributed by atoms with E-state index in [4.69, 9.17) is 4.99 Å². The first-order valence-electron chi connectivity index (χ1n) is 10.3. The van der Waals surface area contributed by atoms with Crippen LogP contribution in [0.1, 0.15) is 43.4 Å². The Bertz CT molecular complexity index is 1050. The third-order valence-corrected chi connectivity index (χ3v) is 5.45. The monoisotopic (exact) mass is 431 g/mol. The molecule has 0 fully saturated rings. The molecule has 31 heavy (non-hydrogen) atoms. The van der Waals surface area contributed by atoms with Crippen LogP contribution in [0, 0.1) is 0 Å². The predicted octanol–water partition coefficient (Wildman–Crippen LogP) is 4.52. The Kier molecular flexibility index (Phi) is 5.60. The lowest BCUT2D eigenvalue weighted by molar-refractivity contribution is -0.137. The summed E-state index contributed by atoms with van der Waals surface area (Å²) in [6.07, 6.45) is 0.617. The van der Waals surface area contributed by atoms with Gasteiger partial charge in [-0.1, -0.05) is 19.1 Å². The van der Waals surface area contributed by atoms with E-state index in [2.05, 4.69) is 5.10 Å². The molecule has 0 spiro atoms. The third kappa shape index (κ3) is 4.22. The Morgan fingerprint density at radius 1 is 1.19 bits per heavy atom. The van der Waals surface area contributed by atoms with Crippen LogP contribution in [-0.4, -0.2) is 51.0 Å². The van der Waals surface area contributed by atoms with E-state index in [1.54, 1.807) is 28.0 Å². The van der Waals surface area contributed by atoms with Gasteiger partial charge in [-0.2, -0.15) is 18.3 Å². The maximum Gasteiger partial charge on any atom is 0.416 e. The van der Waals surface area contributed by atoms with Crippen molar-refractivity contribution in [1.82, 2.24) is 19.6 Å². The standard InChI is InChI=1S/C22H24F3N5O/c1-3-8-28-13-16-10-19(27-20(16)30(4-2)21(28)31)17-11-26-29(14-17)12-15-6-5-7-18(9-15)22(23,24)25/h5-7,9,11,14H,3-4,8,10,12-13H2,1-2H3. The van der Waals surface area contributed by atoms with Gasteiger partial charge in [0.2, 0.25) is 0 Å². The number of rotatable bonds is 6. The highest BCUT2D eigenvalue weighted by molar-refractivity contribution is 6.04. The summed E-state index contributed by atoms with van der Waals surface area (Å²) in [6.45, 7) is 6.03. The lowest BCUT2D eigenvalue weighted by atomic mass is 10.1. The molecule has 0 saturated carbocycles. The van der Waals surface area contributed by atoms with Gasteiger partial charge in [-0.15, -0.1) is 0 Å². The number of amides is 2. The molecule has 0 unspecified atom stereocenters. The number of aromatic nitrogens is 2. The zero-order valence-electron chi connectivity index (χ0n) is 17.5. The number of nitrogens with zero attached hydrogens (tertiary/aromatic N) is 5. The first-order valence-corrected chi connectivity index (χ1v) is 10.3. The van der Waals surface area contributed by atoms with Crippen LogP contribution in [0.15, 0.2) is 53.0 Å². The van der Waals surface area contributed by atoms with Crippen molar-refractivity contribution in [2.45, 2.75) is 39.4 Å². The number of carbonyl (C=O) groups excluding carboxylic acids is 1. The number of halogens is 3. The molecular weight excluding hydrogens is 407 g/mol. The Morgan fingerprint density at radius 3 is 2.71 bits per heavy atom. The highest BCUT2D eigenvalue weighted by atomic mass is 19.4. The number of benzene rings is 1. The summed E-state index contributed by atoms with van der Waals surface area (Å²) in [7, 11) is 0. The van der Waals surface area contributed by atoms with Crippen molar-refractivity contribution in [2.75, 3.05) is 19.6 Å². The molecule has 0 saturated heterocycles. The second kappa shape index (κ2) is 8.20. The van der Waals surface area contributed by atoms with Gasteiger partial charge in [0.1, 0.15) is 5.82 Å². The van der Waals surface area contributed by atoms with Gasteiger partial charge in [-0.3, -0.25) is 9.58 Å². The van der Waals surface area contributed by atoms with Crippen LogP contribution in [0.4, 0.5) is 18.0 Å². The highest BCUT2D eigenvalue weighted by Gasteiger charge is 2.35. The lowest BCUT2D eigenvalue weighted by Crippen LogP contribution is -2.47. The minimum absolute atomic E-state index is 0.0201. The van der Waals surface area contributed by atoms with Crippen LogP contribution in [0.3, 0.4) is 0 Å². The molecule has 9 heteroatoms. The summed E-state index contributed by atoms with van der Waals surface area (Å²) < 4.78 is 40.5. The Labute approximate surface area is 178 Å². The van der Waals surface area contributed by atoms with E-state index in [-0.39, 0.29) is 12.6 Å². The summed E-state index contributed by atoms with van der Waals surface area (Å²) in [4.78, 5) is 21.0. The molecule has 3 heterocycles. The van der Waals surface area contributed by atoms with Crippen molar-refractivity contribution in [1.29, 1.82) is 0 Å². The maximum atomic E-state index is 13.0. The van der Waals surface area contributed by atoms with Gasteiger partial charge in [0.05, 0.1) is 24.0 Å². The number of alkyl halides is 3. The van der Waals surface area contributed by atoms with Crippen LogP contribution >= 0.6 is 0 Å². The van der Waals surface area contributed by atoms with Crippen LogP contribution < -0.4 is 0 Å². The smallest absolute Gasteiger partial charge is 0.320 e. The Balaban J connectivity index is 1.51. The van der Waals surface area contributed by atoms with E-state index in [1.165, 1.54) is 6.07 Å². The topological polar surface area (TPSA) is 53.7 Å². The molecule has 0 aliphatic carbocycles. The summed E-state index contributed by atoms with van der Waals surface area (Å²) in [5, 5.41) is 4.31. The van der Waals surface area contributed by atoms with Crippen LogP contribution in [0.2, 0.25) is 0 Å². The third-order valence-electron chi connectivity index (χ3n) is 5.45. The SMILES string of the molecule is CCCN1CC2=C(N=C(c3cnn(Cc4cccc(C(F)(F)F)c4)c3)C2)N(CC)C1=O. The van der Waals surface area contributed by atoms with Crippen molar-refractivity contribution in [3.05, 3.63) is 64.7 Å². The number of urea groups is 1. The van der Waals surface area contributed by atoms with Gasteiger partial charge in [-0.05, 0) is 36.6 Å². The molecule has 4 rings (SSSR count). The molecule has 0 radical (unpaired) electrons. The summed E-state index contributed by atoms with van der Waals surface area (Å²) >= 11 is 0. The van der Waals surface area contributed by atoms with E-state index < -0.39 is 11.7 Å². The van der Waals surface area contributed by atoms with Crippen molar-refractivity contribution in [2.24, 2.45) is 4.99 Å². The quantitative estimate of drug-likeness (QED) is 0.675. The fraction of sp³-hybridized carbons (Fsp3) is 0.409. The first-order chi connectivity index (χ1) is 14.8. The zero-order valence-corrected chi connectivity index (χ0v) is 17.5. The first kappa shape index (κ1) is 21.1. The van der Waals surface area contributed by atoms with Crippen LogP contribution in [0.5, 0.6) is 0 Å². The molecule has 6 nitrogen and oxygen atoms in total. The van der Waals surface area contributed by atoms with Gasteiger partial charge in [0.15, 0.2) is 0 Å². The Morgan fingerprint density at radius 2 is 2.00 bits per heavy atom. The van der Waals surface area contributed by atoms with Gasteiger partial charge in [0.25, 0.3) is 0 Å². The lowest BCUT2D eigenvalue weighted by Gasteiger charge is -2.34. The molecule has 2 aliphatic heterocycles. The van der Waals surface area contributed by atoms with E-state index in [0.29, 0.717) is 31.6 Å². The maximum absolute atomic E-state index is 13.0. The van der Waals surface area contributed by atoms with Crippen LogP contribution in [0.25, 0.3) is 0 Å². The molecule has 164 valence electrons. The number of carbonyl (C=O) groups is 1. The second-order valence-corrected chi connectivity index (χ2v) is 7.74. The molecule has 0 atom stereocenters. The molecular formula is C22H24F3N5O. The van der Waals surface area contributed by atoms with Gasteiger partial charge in [0, 0.05) is 37.8 Å². The number of hydrogen-bond donors (Lipinski definition) is 0. The molecule has 2 amide bonds. The molecule has 1 aromatic heterocycles. The van der Waals surface area contributed by atoms with E-state index >= 15 is 0 Å². The Hall–Kier alpha value is -3.10. The fourth-order valence-corrected chi connectivity index (χ4v) is 3.99. The zero-order chi connectivity index (χ0) is 22.2. The molecule has 2 aromatic rings. The minimum Gasteiger partial charge on any atom is -0.320 e. The molecule has 2 aliphatic rings. The van der Waals surface area contributed by atoms with Crippen molar-refractivity contribution in [3.8, 4) is 0 Å². The average molecular weight is 431 g/mol. The second-order valence-electron chi connectivity index (χ2n) is 7.74. The summed E-state index contributed by atoms with van der Waals surface area (Å²) in [5.41, 5.74) is 2.59. The number of aliphatic imine (C=N–C) groups is 1. The summed E-state index contributed by atoms with van der Waals surface area (Å²) in [5.74, 6) is 0.723. The van der Waals surface area contributed by atoms with Gasteiger partial charge in [-0.25, -0.2) is 9.79 Å². The van der Waals surface area contributed by atoms with Crippen molar-refractivity contribution < 1.29 is 18.0 Å². The fourth-order valence-electron chi connectivity index (χ4n) is 3.99. The molecule has 1 aromatic carbocycles. The summed E-state index contributed by atoms with van der Waals surface area (Å²) in [6, 6.07) is 5.23. The normalized spacial score (nSPS) is 16.8. The van der Waals surface area contributed by atoms with E-state index in [9.17, 15) is 18.0 Å².